The molecule has 36 heteroatoms. The highest BCUT2D eigenvalue weighted by molar-refractivity contribution is 8.76. The number of H-pyrrole nitrogens is 1. The smallest absolute Gasteiger partial charge is 0.478 e. The van der Waals surface area contributed by atoms with Crippen molar-refractivity contribution in [2.75, 3.05) is 88.1 Å². The number of azide groups is 1. The van der Waals surface area contributed by atoms with Gasteiger partial charge in [-0.05, 0) is 105 Å². The Balaban J connectivity index is 0.621. The molecule has 490 valence electrons. The van der Waals surface area contributed by atoms with Crippen molar-refractivity contribution in [1.29, 1.82) is 0 Å². The second-order valence-corrected chi connectivity index (χ2v) is 29.1. The number of urea groups is 1. The summed E-state index contributed by atoms with van der Waals surface area (Å²) in [7, 11) is -14.0. The highest BCUT2D eigenvalue weighted by Gasteiger charge is 2.49. The molecule has 5 atom stereocenters. The number of nitrogen functional groups attached to an aromatic ring is 1. The van der Waals surface area contributed by atoms with Crippen molar-refractivity contribution >= 4 is 91.2 Å². The fourth-order valence-corrected chi connectivity index (χ4v) is 17.1. The Labute approximate surface area is 532 Å². The molecule has 4 unspecified atom stereocenters. The second kappa shape index (κ2) is 28.8. The number of phosphoric ester groups is 1. The predicted molar refractivity (Wildman–Crippen MR) is 336 cm³/mol. The minimum Gasteiger partial charge on any atom is -0.478 e. The molecule has 5 aromatic rings. The lowest BCUT2D eigenvalue weighted by Gasteiger charge is -2.44. The fourth-order valence-electron chi connectivity index (χ4n) is 12.5. The molecule has 2 aromatic heterocycles. The SMILES string of the molecule is [N-]=[N+]=NCOC1C(n2cc(C#CCNC(=O)NCCCCCOCSSCCNC(=O)c3ccc(C(=O)O)c(C4=c5cc6c7c(c5Oc5c4cc4c8c5CCCN8CCC4)CCC[N+]=7CCC6)c3)c3c(=O)[nH]c(N)nc32)O[C@@H]1COP(=O)(O)OP(=O)(O)OP(=O)(O)O. The molecule has 8 heterocycles. The van der Waals surface area contributed by atoms with Gasteiger partial charge in [0.15, 0.2) is 11.9 Å². The lowest BCUT2D eigenvalue weighted by atomic mass is 9.81. The van der Waals surface area contributed by atoms with Gasteiger partial charge in [0.05, 0.1) is 35.2 Å². The zero-order chi connectivity index (χ0) is 64.9. The number of aromatic carboxylic acids is 1. The van der Waals surface area contributed by atoms with Crippen LogP contribution in [-0.2, 0) is 66.7 Å². The summed E-state index contributed by atoms with van der Waals surface area (Å²) in [6.07, 6.45) is 7.51. The van der Waals surface area contributed by atoms with Crippen LogP contribution in [0, 0.1) is 11.8 Å². The molecule has 6 aliphatic heterocycles. The number of nitrogens with one attached hydrogen (secondary N) is 4. The maximum Gasteiger partial charge on any atom is 0.490 e. The third kappa shape index (κ3) is 15.2. The number of aryl methyl sites for hydroxylation is 2. The summed E-state index contributed by atoms with van der Waals surface area (Å²) < 4.78 is 75.4. The highest BCUT2D eigenvalue weighted by atomic mass is 33.1. The van der Waals surface area contributed by atoms with Crippen molar-refractivity contribution < 1.29 is 84.9 Å². The van der Waals surface area contributed by atoms with Gasteiger partial charge in [-0.15, -0.1) is 0 Å². The molecule has 0 radical (unpaired) electrons. The normalized spacial score (nSPS) is 19.0. The molecule has 11 rings (SSSR count). The number of hydrogen-bond donors (Lipinski definition) is 10. The number of unbranched alkanes of at least 4 members (excludes halogenated alkanes) is 2. The average molecular weight is 1370 g/mol. The molecule has 11 N–H and O–H groups in total. The van der Waals surface area contributed by atoms with Crippen LogP contribution in [0.15, 0.2) is 46.4 Å². The number of nitrogens with two attached hydrogens (primary N) is 1. The van der Waals surface area contributed by atoms with Crippen LogP contribution < -0.4 is 52.0 Å². The van der Waals surface area contributed by atoms with Gasteiger partial charge in [0.2, 0.25) is 11.3 Å². The average Bonchev–Trinajstić information content (AvgIpc) is 0.736. The summed E-state index contributed by atoms with van der Waals surface area (Å²) in [6, 6.07) is 8.86. The van der Waals surface area contributed by atoms with Crippen LogP contribution in [0.3, 0.4) is 0 Å². The van der Waals surface area contributed by atoms with Gasteiger partial charge in [0.25, 0.3) is 11.5 Å². The molecule has 1 fully saturated rings. The number of rotatable bonds is 27. The van der Waals surface area contributed by atoms with Crippen molar-refractivity contribution in [3.8, 4) is 23.3 Å². The number of carboxylic acid groups (broad SMARTS) is 1. The van der Waals surface area contributed by atoms with Gasteiger partial charge in [0.1, 0.15) is 49.5 Å². The topological polar surface area (TPSA) is 436 Å². The van der Waals surface area contributed by atoms with E-state index in [2.05, 4.69) is 82.5 Å². The second-order valence-electron chi connectivity index (χ2n) is 22.1. The molecule has 0 aliphatic carbocycles. The zero-order valence-corrected chi connectivity index (χ0v) is 53.6. The Bertz CT molecular complexity index is 4220. The summed E-state index contributed by atoms with van der Waals surface area (Å²) in [5, 5.41) is 24.6. The number of benzene rings is 3. The van der Waals surface area contributed by atoms with Crippen molar-refractivity contribution in [2.45, 2.75) is 89.1 Å². The number of aromatic amines is 1. The molecule has 0 bridgehead atoms. The molecule has 6 aliphatic rings. The van der Waals surface area contributed by atoms with E-state index in [4.69, 9.17) is 40.0 Å². The number of carboxylic acids is 1. The maximum atomic E-state index is 13.9. The number of amides is 3. The van der Waals surface area contributed by atoms with Crippen molar-refractivity contribution in [3.63, 3.8) is 0 Å². The number of ether oxygens (including phenoxy) is 4. The minimum absolute atomic E-state index is 0.0499. The molecule has 0 spiro atoms. The van der Waals surface area contributed by atoms with E-state index in [0.717, 1.165) is 118 Å². The van der Waals surface area contributed by atoms with E-state index >= 15 is 0 Å². The van der Waals surface area contributed by atoms with E-state index in [1.54, 1.807) is 29.0 Å². The van der Waals surface area contributed by atoms with Gasteiger partial charge >= 0.3 is 35.5 Å². The van der Waals surface area contributed by atoms with Gasteiger partial charge in [0, 0.05) is 101 Å². The fraction of sp³-hybridized carbons (Fsp3) is 0.464. The molecule has 1 saturated heterocycles. The maximum absolute atomic E-state index is 13.9. The lowest BCUT2D eigenvalue weighted by Crippen LogP contribution is -2.54. The van der Waals surface area contributed by atoms with E-state index in [-0.39, 0.29) is 40.6 Å². The van der Waals surface area contributed by atoms with Crippen molar-refractivity contribution in [2.24, 2.45) is 5.11 Å². The van der Waals surface area contributed by atoms with Crippen LogP contribution >= 0.6 is 45.1 Å². The molecule has 3 aromatic carbocycles. The van der Waals surface area contributed by atoms with Crippen LogP contribution in [0.5, 0.6) is 11.5 Å². The molecular weight excluding hydrogens is 1300 g/mol. The molecule has 3 amide bonds. The number of phosphoric acid groups is 3. The van der Waals surface area contributed by atoms with E-state index in [1.165, 1.54) is 54.9 Å². The number of nitrogens with zero attached hydrogens (tertiary/aromatic N) is 7. The van der Waals surface area contributed by atoms with E-state index < -0.39 is 72.8 Å². The monoisotopic (exact) mass is 1370 g/mol. The third-order valence-electron chi connectivity index (χ3n) is 16.1. The summed E-state index contributed by atoms with van der Waals surface area (Å²) in [5.41, 5.74) is 22.9. The Hall–Kier alpha value is -6.78. The van der Waals surface area contributed by atoms with Crippen LogP contribution in [0.4, 0.5) is 16.4 Å². The van der Waals surface area contributed by atoms with Crippen molar-refractivity contribution in [3.05, 3.63) is 118 Å². The number of carbonyl (C=O) groups is 3. The standard InChI is InChI=1S/C56H65N12O19P3S2/c57-55-63-50-43(52(70)64-55)35(28-68(50)53-49(82-30-62-65-58)42(84-53)29-83-89(77,78)87-90(79,80)86-88(74,75)76)9-4-17-61-56(73)60-16-2-1-3-23-81-31-92-91-24-18-59-51(69)34-14-15-36(54(71)72)39(27-34)44-40-25-32-10-5-19-66-21-7-12-37(45(32)66)47(40)85-48-38-13-8-22-67-20-6-11-33(46(38)67)26-41(44)48/h14-15,25-28,42,49,53H,1-3,5-8,10-13,16-24,29-31H2,(H10-,57,59,60,61,63,64,69,70,71,72,73,74,75,76,77,78,79,80)/p+1/t42-,49?,53?/m1/s1. The lowest BCUT2D eigenvalue weighted by molar-refractivity contribution is -0.278. The van der Waals surface area contributed by atoms with Gasteiger partial charge in [-0.2, -0.15) is 13.6 Å². The first-order chi connectivity index (χ1) is 44.2. The Morgan fingerprint density at radius 2 is 1.70 bits per heavy atom. The Morgan fingerprint density at radius 1 is 0.913 bits per heavy atom. The third-order valence-corrected chi connectivity index (χ3v) is 22.0. The summed E-state index contributed by atoms with van der Waals surface area (Å²) in [5.74, 6) is 6.54. The summed E-state index contributed by atoms with van der Waals surface area (Å²) in [6.45, 7) is 3.59. The molecule has 0 saturated carbocycles. The number of aromatic nitrogens is 3. The number of anilines is 2. The minimum atomic E-state index is -5.82. The van der Waals surface area contributed by atoms with E-state index in [0.29, 0.717) is 48.9 Å². The van der Waals surface area contributed by atoms with Gasteiger partial charge in [-0.1, -0.05) is 38.5 Å². The zero-order valence-electron chi connectivity index (χ0n) is 49.3. The first-order valence-corrected chi connectivity index (χ1v) is 36.6. The first-order valence-electron chi connectivity index (χ1n) is 29.6. The van der Waals surface area contributed by atoms with Crippen LogP contribution in [-0.4, -0.2) is 147 Å². The van der Waals surface area contributed by atoms with Crippen LogP contribution in [0.25, 0.3) is 27.0 Å². The molecule has 92 heavy (non-hydrogen) atoms. The number of hydrogen-bond acceptors (Lipinski definition) is 20. The number of carbonyl (C=O) groups excluding carboxylic acids is 2. The molecular formula is C56H66N12O19P3S2+. The first kappa shape index (κ1) is 66.7. The van der Waals surface area contributed by atoms with Crippen LogP contribution in [0.2, 0.25) is 0 Å². The van der Waals surface area contributed by atoms with Crippen molar-refractivity contribution in [1.82, 2.24) is 35.1 Å². The number of fused-ring (bicyclic) bond motifs is 5. The largest absolute Gasteiger partial charge is 0.490 e. The summed E-state index contributed by atoms with van der Waals surface area (Å²) >= 11 is 0. The van der Waals surface area contributed by atoms with Gasteiger partial charge in [-0.25, -0.2) is 27.9 Å². The highest BCUT2D eigenvalue weighted by Crippen LogP contribution is 2.66. The van der Waals surface area contributed by atoms with Gasteiger partial charge < -0.3 is 74.8 Å². The van der Waals surface area contributed by atoms with Gasteiger partial charge in [-0.3, -0.25) is 19.1 Å². The predicted octanol–water partition coefficient (Wildman–Crippen LogP) is 4.94. The van der Waals surface area contributed by atoms with E-state index in [1.807, 2.05) is 0 Å². The quantitative estimate of drug-likeness (QED) is 0.00376. The Morgan fingerprint density at radius 3 is 2.49 bits per heavy atom. The van der Waals surface area contributed by atoms with Crippen LogP contribution in [0.1, 0.15) is 111 Å². The van der Waals surface area contributed by atoms with E-state index in [9.17, 15) is 47.8 Å². The molecule has 31 nitrogen and oxygen atoms in total. The summed E-state index contributed by atoms with van der Waals surface area (Å²) in [4.78, 5) is 101. The Kier molecular flexibility index (Phi) is 20.9.